The molecular formula is C5H7BClNO2. The predicted octanol–water partition coefficient (Wildman–Crippen LogP) is -0.393. The van der Waals surface area contributed by atoms with Crippen LogP contribution in [0.25, 0.3) is 0 Å². The molecule has 1 aliphatic heterocycles. The fourth-order valence-corrected chi connectivity index (χ4v) is 0.899. The molecule has 3 N–H and O–H groups in total. The van der Waals surface area contributed by atoms with Gasteiger partial charge in [-0.15, -0.1) is 0 Å². The maximum absolute atomic E-state index is 8.64. The van der Waals surface area contributed by atoms with E-state index in [0.717, 1.165) is 0 Å². The van der Waals surface area contributed by atoms with Crippen molar-refractivity contribution >= 4 is 18.7 Å². The van der Waals surface area contributed by atoms with E-state index in [2.05, 4.69) is 5.32 Å². The van der Waals surface area contributed by atoms with E-state index in [1.54, 1.807) is 12.3 Å². The van der Waals surface area contributed by atoms with Gasteiger partial charge in [-0.05, 0) is 23.8 Å². The van der Waals surface area contributed by atoms with Crippen LogP contribution in [0.3, 0.4) is 0 Å². The molecule has 0 amide bonds. The van der Waals surface area contributed by atoms with Gasteiger partial charge in [-0.3, -0.25) is 0 Å². The molecule has 0 saturated heterocycles. The summed E-state index contributed by atoms with van der Waals surface area (Å²) in [6.45, 7) is 0. The van der Waals surface area contributed by atoms with Crippen molar-refractivity contribution in [2.45, 2.75) is 5.50 Å². The van der Waals surface area contributed by atoms with E-state index in [1.807, 2.05) is 0 Å². The third-order valence-corrected chi connectivity index (χ3v) is 1.42. The number of halogens is 1. The largest absolute Gasteiger partial charge is 0.488 e. The van der Waals surface area contributed by atoms with Gasteiger partial charge in [0.15, 0.2) is 0 Å². The highest BCUT2D eigenvalue weighted by Crippen LogP contribution is 2.07. The molecule has 3 nitrogen and oxygen atoms in total. The van der Waals surface area contributed by atoms with E-state index in [-0.39, 0.29) is 5.50 Å². The zero-order valence-electron chi connectivity index (χ0n) is 5.16. The zero-order chi connectivity index (χ0) is 7.56. The average molecular weight is 159 g/mol. The normalized spacial score (nSPS) is 23.5. The summed E-state index contributed by atoms with van der Waals surface area (Å²) in [4.78, 5) is 0. The molecule has 1 heterocycles. The first kappa shape index (κ1) is 7.66. The monoisotopic (exact) mass is 159 g/mol. The van der Waals surface area contributed by atoms with Gasteiger partial charge >= 0.3 is 7.12 Å². The van der Waals surface area contributed by atoms with Gasteiger partial charge in [0, 0.05) is 0 Å². The van der Waals surface area contributed by atoms with Crippen molar-refractivity contribution in [1.82, 2.24) is 5.32 Å². The Morgan fingerprint density at radius 2 is 2.30 bits per heavy atom. The summed E-state index contributed by atoms with van der Waals surface area (Å²) in [5.74, 6) is 0. The van der Waals surface area contributed by atoms with Gasteiger partial charge in [-0.2, -0.15) is 0 Å². The molecule has 0 bridgehead atoms. The van der Waals surface area contributed by atoms with Crippen LogP contribution in [0, 0.1) is 0 Å². The molecular weight excluding hydrogens is 152 g/mol. The van der Waals surface area contributed by atoms with Crippen molar-refractivity contribution in [1.29, 1.82) is 0 Å². The Labute approximate surface area is 64.1 Å². The van der Waals surface area contributed by atoms with Crippen LogP contribution in [0.2, 0.25) is 0 Å². The Kier molecular flexibility index (Phi) is 2.37. The SMILES string of the molecule is OB(O)C1=CC(Cl)NC=C1. The van der Waals surface area contributed by atoms with Crippen LogP contribution >= 0.6 is 11.6 Å². The smallest absolute Gasteiger partial charge is 0.423 e. The Morgan fingerprint density at radius 3 is 2.70 bits per heavy atom. The van der Waals surface area contributed by atoms with E-state index in [4.69, 9.17) is 21.6 Å². The second kappa shape index (κ2) is 3.10. The highest BCUT2D eigenvalue weighted by Gasteiger charge is 2.15. The minimum atomic E-state index is -1.43. The van der Waals surface area contributed by atoms with Crippen molar-refractivity contribution in [3.63, 3.8) is 0 Å². The summed E-state index contributed by atoms with van der Waals surface area (Å²) in [5, 5.41) is 20.0. The van der Waals surface area contributed by atoms with Crippen LogP contribution in [0.5, 0.6) is 0 Å². The fraction of sp³-hybridized carbons (Fsp3) is 0.200. The van der Waals surface area contributed by atoms with E-state index < -0.39 is 7.12 Å². The highest BCUT2D eigenvalue weighted by molar-refractivity contribution is 6.52. The summed E-state index contributed by atoms with van der Waals surface area (Å²) in [6, 6.07) is 0. The summed E-state index contributed by atoms with van der Waals surface area (Å²) in [5.41, 5.74) is 0.0700. The summed E-state index contributed by atoms with van der Waals surface area (Å²) in [7, 11) is -1.43. The maximum Gasteiger partial charge on any atom is 0.488 e. The average Bonchev–Trinajstić information content (AvgIpc) is 1.88. The molecule has 1 atom stereocenters. The quantitative estimate of drug-likeness (QED) is 0.277. The van der Waals surface area contributed by atoms with Crippen molar-refractivity contribution in [2.24, 2.45) is 0 Å². The molecule has 0 fully saturated rings. The lowest BCUT2D eigenvalue weighted by Crippen LogP contribution is -2.24. The van der Waals surface area contributed by atoms with Crippen LogP contribution in [0.15, 0.2) is 23.8 Å². The molecule has 0 spiro atoms. The van der Waals surface area contributed by atoms with Crippen LogP contribution in [-0.4, -0.2) is 22.7 Å². The predicted molar refractivity (Wildman–Crippen MR) is 40.2 cm³/mol. The number of hydrogen-bond donors (Lipinski definition) is 3. The van der Waals surface area contributed by atoms with Gasteiger partial charge in [0.2, 0.25) is 0 Å². The Balaban J connectivity index is 2.66. The molecule has 0 saturated carbocycles. The minimum absolute atomic E-state index is 0.346. The third kappa shape index (κ3) is 1.77. The van der Waals surface area contributed by atoms with Gasteiger partial charge in [-0.1, -0.05) is 11.6 Å². The highest BCUT2D eigenvalue weighted by atomic mass is 35.5. The Hall–Kier alpha value is -0.445. The first-order valence-corrected chi connectivity index (χ1v) is 3.28. The van der Waals surface area contributed by atoms with Gasteiger partial charge in [0.25, 0.3) is 0 Å². The number of nitrogens with one attached hydrogen (secondary N) is 1. The van der Waals surface area contributed by atoms with E-state index in [1.165, 1.54) is 6.08 Å². The zero-order valence-corrected chi connectivity index (χ0v) is 5.92. The number of dihydropyridines is 1. The first-order chi connectivity index (χ1) is 4.70. The third-order valence-electron chi connectivity index (χ3n) is 1.17. The van der Waals surface area contributed by atoms with Crippen LogP contribution < -0.4 is 5.32 Å². The molecule has 1 aliphatic rings. The molecule has 0 aliphatic carbocycles. The van der Waals surface area contributed by atoms with Gasteiger partial charge < -0.3 is 15.4 Å². The molecule has 0 radical (unpaired) electrons. The Bertz CT molecular complexity index is 180. The lowest BCUT2D eigenvalue weighted by Gasteiger charge is -2.11. The molecule has 54 valence electrons. The molecule has 0 aromatic heterocycles. The van der Waals surface area contributed by atoms with Gasteiger partial charge in [-0.25, -0.2) is 0 Å². The number of rotatable bonds is 1. The second-order valence-corrected chi connectivity index (χ2v) is 2.41. The summed E-state index contributed by atoms with van der Waals surface area (Å²) in [6.07, 6.45) is 4.67. The molecule has 10 heavy (non-hydrogen) atoms. The van der Waals surface area contributed by atoms with Gasteiger partial charge in [0.05, 0.1) is 0 Å². The molecule has 1 unspecified atom stereocenters. The summed E-state index contributed by atoms with van der Waals surface area (Å²) < 4.78 is 0. The topological polar surface area (TPSA) is 52.5 Å². The molecule has 0 aromatic rings. The number of alkyl halides is 1. The maximum atomic E-state index is 8.64. The second-order valence-electron chi connectivity index (χ2n) is 1.94. The number of allylic oxidation sites excluding steroid dienone is 2. The van der Waals surface area contributed by atoms with Crippen LogP contribution in [-0.2, 0) is 0 Å². The summed E-state index contributed by atoms with van der Waals surface area (Å²) >= 11 is 5.59. The van der Waals surface area contributed by atoms with E-state index in [0.29, 0.717) is 5.47 Å². The molecule has 0 aromatic carbocycles. The fourth-order valence-electron chi connectivity index (χ4n) is 0.681. The Morgan fingerprint density at radius 1 is 1.60 bits per heavy atom. The molecule has 5 heteroatoms. The standard InChI is InChI=1S/C5H7BClNO2/c7-5-3-4(6(9)10)1-2-8-5/h1-3,5,8-10H. The first-order valence-electron chi connectivity index (χ1n) is 2.84. The lowest BCUT2D eigenvalue weighted by molar-refractivity contribution is 0.420. The van der Waals surface area contributed by atoms with E-state index >= 15 is 0 Å². The van der Waals surface area contributed by atoms with Crippen molar-refractivity contribution in [3.8, 4) is 0 Å². The van der Waals surface area contributed by atoms with Crippen molar-refractivity contribution in [2.75, 3.05) is 0 Å². The van der Waals surface area contributed by atoms with Crippen molar-refractivity contribution < 1.29 is 10.0 Å². The van der Waals surface area contributed by atoms with Crippen LogP contribution in [0.1, 0.15) is 0 Å². The van der Waals surface area contributed by atoms with E-state index in [9.17, 15) is 0 Å². The van der Waals surface area contributed by atoms with Crippen molar-refractivity contribution in [3.05, 3.63) is 23.8 Å². The van der Waals surface area contributed by atoms with Gasteiger partial charge in [0.1, 0.15) is 5.50 Å². The molecule has 1 rings (SSSR count). The lowest BCUT2D eigenvalue weighted by atomic mass is 9.78. The van der Waals surface area contributed by atoms with Crippen LogP contribution in [0.4, 0.5) is 0 Å². The minimum Gasteiger partial charge on any atom is -0.423 e. The number of hydrogen-bond acceptors (Lipinski definition) is 3.